The first kappa shape index (κ1) is 15.9. The molecule has 3 rings (SSSR count). The minimum Gasteiger partial charge on any atom is -0.403 e. The van der Waals surface area contributed by atoms with Gasteiger partial charge in [-0.3, -0.25) is 10.1 Å². The standard InChI is InChI=1S/C18H16FN3O2/c1-11-6-7-13(12(2)8-11)10-16(23)20-18-22-21-17(24-18)14-4-3-5-15(19)9-14/h3-9H,10H2,1-2H3,(H,20,22,23). The van der Waals surface area contributed by atoms with Gasteiger partial charge < -0.3 is 4.42 Å². The van der Waals surface area contributed by atoms with Crippen molar-refractivity contribution < 1.29 is 13.6 Å². The highest BCUT2D eigenvalue weighted by molar-refractivity contribution is 5.90. The minimum atomic E-state index is -0.397. The van der Waals surface area contributed by atoms with E-state index >= 15 is 0 Å². The number of nitrogens with zero attached hydrogens (tertiary/aromatic N) is 2. The molecule has 1 heterocycles. The summed E-state index contributed by atoms with van der Waals surface area (Å²) < 4.78 is 18.6. The van der Waals surface area contributed by atoms with Crippen molar-refractivity contribution in [2.75, 3.05) is 5.32 Å². The zero-order valence-corrected chi connectivity index (χ0v) is 13.3. The van der Waals surface area contributed by atoms with E-state index in [0.717, 1.165) is 16.7 Å². The van der Waals surface area contributed by atoms with E-state index in [2.05, 4.69) is 15.5 Å². The van der Waals surface area contributed by atoms with Crippen LogP contribution >= 0.6 is 0 Å². The summed E-state index contributed by atoms with van der Waals surface area (Å²) in [6.07, 6.45) is 0.212. The van der Waals surface area contributed by atoms with Gasteiger partial charge in [0.25, 0.3) is 0 Å². The Morgan fingerprint density at radius 3 is 2.75 bits per heavy atom. The van der Waals surface area contributed by atoms with E-state index in [1.54, 1.807) is 12.1 Å². The number of aryl methyl sites for hydroxylation is 2. The van der Waals surface area contributed by atoms with E-state index in [9.17, 15) is 9.18 Å². The second-order valence-electron chi connectivity index (χ2n) is 5.58. The Morgan fingerprint density at radius 2 is 2.00 bits per heavy atom. The van der Waals surface area contributed by atoms with Gasteiger partial charge in [0.05, 0.1) is 6.42 Å². The van der Waals surface area contributed by atoms with E-state index in [-0.39, 0.29) is 24.2 Å². The molecule has 5 nitrogen and oxygen atoms in total. The van der Waals surface area contributed by atoms with Crippen LogP contribution in [-0.4, -0.2) is 16.1 Å². The second-order valence-corrected chi connectivity index (χ2v) is 5.58. The van der Waals surface area contributed by atoms with Gasteiger partial charge in [-0.15, -0.1) is 5.10 Å². The smallest absolute Gasteiger partial charge is 0.322 e. The van der Waals surface area contributed by atoms with E-state index in [1.807, 2.05) is 32.0 Å². The van der Waals surface area contributed by atoms with Crippen molar-refractivity contribution in [1.29, 1.82) is 0 Å². The lowest BCUT2D eigenvalue weighted by atomic mass is 10.0. The van der Waals surface area contributed by atoms with Crippen molar-refractivity contribution >= 4 is 11.9 Å². The Hall–Kier alpha value is -3.02. The fraction of sp³-hybridized carbons (Fsp3) is 0.167. The highest BCUT2D eigenvalue weighted by atomic mass is 19.1. The fourth-order valence-electron chi connectivity index (χ4n) is 2.39. The summed E-state index contributed by atoms with van der Waals surface area (Å²) in [5.41, 5.74) is 3.59. The molecule has 1 N–H and O–H groups in total. The third kappa shape index (κ3) is 3.65. The number of rotatable bonds is 4. The molecule has 3 aromatic rings. The topological polar surface area (TPSA) is 68.0 Å². The number of carbonyl (C=O) groups excluding carboxylic acids is 1. The van der Waals surface area contributed by atoms with Gasteiger partial charge in [-0.1, -0.05) is 34.9 Å². The average molecular weight is 325 g/mol. The highest BCUT2D eigenvalue weighted by Gasteiger charge is 2.13. The van der Waals surface area contributed by atoms with Crippen molar-refractivity contribution in [2.45, 2.75) is 20.3 Å². The Bertz CT molecular complexity index is 889. The first-order valence-electron chi connectivity index (χ1n) is 7.47. The second kappa shape index (κ2) is 6.62. The SMILES string of the molecule is Cc1ccc(CC(=O)Nc2nnc(-c3cccc(F)c3)o2)c(C)c1. The maximum atomic E-state index is 13.2. The predicted octanol–water partition coefficient (Wildman–Crippen LogP) is 3.67. The van der Waals surface area contributed by atoms with Gasteiger partial charge in [0.15, 0.2) is 0 Å². The molecule has 0 aliphatic heterocycles. The molecule has 24 heavy (non-hydrogen) atoms. The van der Waals surface area contributed by atoms with E-state index in [4.69, 9.17) is 4.42 Å². The number of anilines is 1. The summed E-state index contributed by atoms with van der Waals surface area (Å²) in [5.74, 6) is -0.501. The molecule has 0 saturated heterocycles. The van der Waals surface area contributed by atoms with Gasteiger partial charge in [0.1, 0.15) is 5.82 Å². The molecule has 122 valence electrons. The monoisotopic (exact) mass is 325 g/mol. The van der Waals surface area contributed by atoms with Gasteiger partial charge in [0, 0.05) is 5.56 Å². The van der Waals surface area contributed by atoms with Gasteiger partial charge in [-0.25, -0.2) is 4.39 Å². The van der Waals surface area contributed by atoms with Gasteiger partial charge in [-0.2, -0.15) is 0 Å². The summed E-state index contributed by atoms with van der Waals surface area (Å²) in [6, 6.07) is 11.7. The Morgan fingerprint density at radius 1 is 1.17 bits per heavy atom. The molecular formula is C18H16FN3O2. The molecule has 1 amide bonds. The summed E-state index contributed by atoms with van der Waals surface area (Å²) in [5, 5.41) is 10.2. The molecule has 1 aromatic heterocycles. The van der Waals surface area contributed by atoms with Crippen LogP contribution in [0.2, 0.25) is 0 Å². The molecule has 0 unspecified atom stereocenters. The van der Waals surface area contributed by atoms with Gasteiger partial charge in [-0.05, 0) is 43.2 Å². The van der Waals surface area contributed by atoms with Crippen molar-refractivity contribution in [3.8, 4) is 11.5 Å². The molecule has 0 aliphatic carbocycles. The molecule has 0 bridgehead atoms. The third-order valence-corrected chi connectivity index (χ3v) is 3.59. The van der Waals surface area contributed by atoms with E-state index < -0.39 is 5.82 Å². The zero-order valence-electron chi connectivity index (χ0n) is 13.3. The van der Waals surface area contributed by atoms with Crippen molar-refractivity contribution in [3.63, 3.8) is 0 Å². The molecule has 0 spiro atoms. The molecular weight excluding hydrogens is 309 g/mol. The van der Waals surface area contributed by atoms with E-state index in [1.165, 1.54) is 12.1 Å². The largest absolute Gasteiger partial charge is 0.403 e. The lowest BCUT2D eigenvalue weighted by Gasteiger charge is -2.06. The van der Waals surface area contributed by atoms with Crippen LogP contribution in [0, 0.1) is 19.7 Å². The number of benzene rings is 2. The van der Waals surface area contributed by atoms with Crippen LogP contribution in [-0.2, 0) is 11.2 Å². The van der Waals surface area contributed by atoms with E-state index in [0.29, 0.717) is 5.56 Å². The maximum absolute atomic E-state index is 13.2. The van der Waals surface area contributed by atoms with Crippen LogP contribution < -0.4 is 5.32 Å². The van der Waals surface area contributed by atoms with Crippen molar-refractivity contribution in [3.05, 3.63) is 65.0 Å². The summed E-state index contributed by atoms with van der Waals surface area (Å²) in [4.78, 5) is 12.1. The normalized spacial score (nSPS) is 10.6. The third-order valence-electron chi connectivity index (χ3n) is 3.59. The molecule has 0 atom stereocenters. The zero-order chi connectivity index (χ0) is 17.1. The molecule has 0 saturated carbocycles. The van der Waals surface area contributed by atoms with Gasteiger partial charge in [0.2, 0.25) is 11.8 Å². The van der Waals surface area contributed by atoms with Gasteiger partial charge >= 0.3 is 6.01 Å². The first-order chi connectivity index (χ1) is 11.5. The van der Waals surface area contributed by atoms with Crippen LogP contribution in [0.25, 0.3) is 11.5 Å². The van der Waals surface area contributed by atoms with Crippen LogP contribution in [0.5, 0.6) is 0 Å². The molecule has 0 aliphatic rings. The first-order valence-corrected chi connectivity index (χ1v) is 7.47. The Kier molecular flexibility index (Phi) is 4.37. The lowest BCUT2D eigenvalue weighted by Crippen LogP contribution is -2.15. The number of halogens is 1. The molecule has 6 heteroatoms. The number of amides is 1. The van der Waals surface area contributed by atoms with Crippen molar-refractivity contribution in [2.24, 2.45) is 0 Å². The van der Waals surface area contributed by atoms with Crippen LogP contribution in [0.4, 0.5) is 10.4 Å². The van der Waals surface area contributed by atoms with Crippen molar-refractivity contribution in [1.82, 2.24) is 10.2 Å². The molecule has 2 aromatic carbocycles. The number of aromatic nitrogens is 2. The summed E-state index contributed by atoms with van der Waals surface area (Å²) in [7, 11) is 0. The fourth-order valence-corrected chi connectivity index (χ4v) is 2.39. The summed E-state index contributed by atoms with van der Waals surface area (Å²) in [6.45, 7) is 3.97. The van der Waals surface area contributed by atoms with Crippen LogP contribution in [0.15, 0.2) is 46.9 Å². The molecule has 0 radical (unpaired) electrons. The average Bonchev–Trinajstić information content (AvgIpc) is 2.98. The summed E-state index contributed by atoms with van der Waals surface area (Å²) >= 11 is 0. The maximum Gasteiger partial charge on any atom is 0.322 e. The number of hydrogen-bond donors (Lipinski definition) is 1. The minimum absolute atomic E-state index is 0.0102. The van der Waals surface area contributed by atoms with Crippen LogP contribution in [0.3, 0.4) is 0 Å². The predicted molar refractivity (Wildman–Crippen MR) is 87.9 cm³/mol. The molecule has 0 fully saturated rings. The quantitative estimate of drug-likeness (QED) is 0.794. The number of carbonyl (C=O) groups is 1. The lowest BCUT2D eigenvalue weighted by molar-refractivity contribution is -0.115. The number of hydrogen-bond acceptors (Lipinski definition) is 4. The Balaban J connectivity index is 1.69. The Labute approximate surface area is 138 Å². The van der Waals surface area contributed by atoms with Crippen LogP contribution in [0.1, 0.15) is 16.7 Å². The number of nitrogens with one attached hydrogen (secondary N) is 1. The highest BCUT2D eigenvalue weighted by Crippen LogP contribution is 2.20.